The molecule has 3 rings (SSSR count). The minimum Gasteiger partial charge on any atom is -0.331 e. The standard InChI is InChI=1S/C20H22ClNO/c1-20(2,3)19(23)22-13-12-14-6-4-5-7-17(14)18(22)15-8-10-16(21)11-9-15/h4-11,18H,12-13H2,1-3H3/t18-/m1/s1. The van der Waals surface area contributed by atoms with Crippen LogP contribution >= 0.6 is 11.6 Å². The lowest BCUT2D eigenvalue weighted by atomic mass is 9.85. The molecule has 1 amide bonds. The molecule has 0 saturated heterocycles. The smallest absolute Gasteiger partial charge is 0.228 e. The molecule has 0 N–H and O–H groups in total. The highest BCUT2D eigenvalue weighted by Gasteiger charge is 2.36. The van der Waals surface area contributed by atoms with Crippen molar-refractivity contribution in [1.29, 1.82) is 0 Å². The summed E-state index contributed by atoms with van der Waals surface area (Å²) in [6, 6.07) is 16.2. The molecule has 0 spiro atoms. The van der Waals surface area contributed by atoms with E-state index in [1.54, 1.807) is 0 Å². The fourth-order valence-electron chi connectivity index (χ4n) is 3.22. The molecule has 120 valence electrons. The van der Waals surface area contributed by atoms with Gasteiger partial charge in [0, 0.05) is 17.0 Å². The molecule has 2 nitrogen and oxygen atoms in total. The molecule has 3 heteroatoms. The van der Waals surface area contributed by atoms with Crippen molar-refractivity contribution >= 4 is 17.5 Å². The van der Waals surface area contributed by atoms with Gasteiger partial charge in [-0.05, 0) is 35.2 Å². The van der Waals surface area contributed by atoms with Crippen LogP contribution in [0.1, 0.15) is 43.5 Å². The Kier molecular flexibility index (Phi) is 4.20. The number of amides is 1. The Morgan fingerprint density at radius 2 is 1.74 bits per heavy atom. The summed E-state index contributed by atoms with van der Waals surface area (Å²) < 4.78 is 0. The zero-order valence-electron chi connectivity index (χ0n) is 13.8. The Bertz CT molecular complexity index is 715. The summed E-state index contributed by atoms with van der Waals surface area (Å²) in [5.74, 6) is 0.187. The van der Waals surface area contributed by atoms with Gasteiger partial charge in [0.2, 0.25) is 5.91 Å². The summed E-state index contributed by atoms with van der Waals surface area (Å²) in [6.45, 7) is 6.69. The van der Waals surface area contributed by atoms with Crippen LogP contribution in [0.4, 0.5) is 0 Å². The van der Waals surface area contributed by atoms with Crippen molar-refractivity contribution in [3.8, 4) is 0 Å². The molecule has 2 aromatic carbocycles. The zero-order valence-corrected chi connectivity index (χ0v) is 14.6. The maximum Gasteiger partial charge on any atom is 0.228 e. The molecule has 0 fully saturated rings. The number of nitrogens with zero attached hydrogens (tertiary/aromatic N) is 1. The van der Waals surface area contributed by atoms with E-state index in [0.29, 0.717) is 5.02 Å². The summed E-state index contributed by atoms with van der Waals surface area (Å²) in [5, 5.41) is 0.714. The van der Waals surface area contributed by atoms with Crippen LogP contribution in [0, 0.1) is 5.41 Å². The molecule has 2 aromatic rings. The number of rotatable bonds is 1. The third kappa shape index (κ3) is 3.13. The average molecular weight is 328 g/mol. The minimum atomic E-state index is -0.392. The van der Waals surface area contributed by atoms with Crippen molar-refractivity contribution < 1.29 is 4.79 Å². The monoisotopic (exact) mass is 327 g/mol. The molecular weight excluding hydrogens is 306 g/mol. The predicted octanol–water partition coefficient (Wildman–Crippen LogP) is 4.86. The highest BCUT2D eigenvalue weighted by Crippen LogP contribution is 2.37. The van der Waals surface area contributed by atoms with E-state index < -0.39 is 5.41 Å². The summed E-state index contributed by atoms with van der Waals surface area (Å²) in [4.78, 5) is 15.0. The van der Waals surface area contributed by atoms with E-state index in [4.69, 9.17) is 11.6 Å². The molecule has 1 atom stereocenters. The number of halogens is 1. The van der Waals surface area contributed by atoms with Crippen LogP contribution in [-0.4, -0.2) is 17.4 Å². The minimum absolute atomic E-state index is 0.0380. The van der Waals surface area contributed by atoms with Gasteiger partial charge in [0.15, 0.2) is 0 Å². The van der Waals surface area contributed by atoms with Crippen LogP contribution in [0.5, 0.6) is 0 Å². The fraction of sp³-hybridized carbons (Fsp3) is 0.350. The van der Waals surface area contributed by atoms with Crippen LogP contribution in [-0.2, 0) is 11.2 Å². The summed E-state index contributed by atoms with van der Waals surface area (Å²) in [5.41, 5.74) is 3.26. The molecule has 23 heavy (non-hydrogen) atoms. The zero-order chi connectivity index (χ0) is 16.6. The van der Waals surface area contributed by atoms with Gasteiger partial charge >= 0.3 is 0 Å². The third-order valence-corrected chi connectivity index (χ3v) is 4.62. The Morgan fingerprint density at radius 1 is 1.09 bits per heavy atom. The fourth-order valence-corrected chi connectivity index (χ4v) is 3.35. The maximum atomic E-state index is 13.0. The molecular formula is C20H22ClNO. The van der Waals surface area contributed by atoms with Crippen molar-refractivity contribution in [3.05, 3.63) is 70.2 Å². The Labute approximate surface area is 143 Å². The number of fused-ring (bicyclic) bond motifs is 1. The van der Waals surface area contributed by atoms with Crippen molar-refractivity contribution in [1.82, 2.24) is 4.90 Å². The van der Waals surface area contributed by atoms with Gasteiger partial charge in [-0.3, -0.25) is 4.79 Å². The van der Waals surface area contributed by atoms with Crippen LogP contribution in [0.15, 0.2) is 48.5 Å². The van der Waals surface area contributed by atoms with Gasteiger partial charge in [0.1, 0.15) is 0 Å². The Hall–Kier alpha value is -1.80. The normalized spacial score (nSPS) is 17.7. The van der Waals surface area contributed by atoms with Crippen molar-refractivity contribution in [2.75, 3.05) is 6.54 Å². The van der Waals surface area contributed by atoms with E-state index in [-0.39, 0.29) is 11.9 Å². The van der Waals surface area contributed by atoms with Crippen molar-refractivity contribution in [3.63, 3.8) is 0 Å². The van der Waals surface area contributed by atoms with Gasteiger partial charge in [-0.2, -0.15) is 0 Å². The molecule has 0 aliphatic carbocycles. The molecule has 0 radical (unpaired) electrons. The largest absolute Gasteiger partial charge is 0.331 e. The van der Waals surface area contributed by atoms with E-state index in [9.17, 15) is 4.79 Å². The lowest BCUT2D eigenvalue weighted by Gasteiger charge is -2.40. The first kappa shape index (κ1) is 16.1. The lowest BCUT2D eigenvalue weighted by molar-refractivity contribution is -0.141. The highest BCUT2D eigenvalue weighted by atomic mass is 35.5. The number of carbonyl (C=O) groups is 1. The Morgan fingerprint density at radius 3 is 2.39 bits per heavy atom. The summed E-state index contributed by atoms with van der Waals surface area (Å²) >= 11 is 6.04. The summed E-state index contributed by atoms with van der Waals surface area (Å²) in [6.07, 6.45) is 0.905. The second-order valence-electron chi connectivity index (χ2n) is 7.15. The maximum absolute atomic E-state index is 13.0. The summed E-state index contributed by atoms with van der Waals surface area (Å²) in [7, 11) is 0. The van der Waals surface area contributed by atoms with E-state index in [0.717, 1.165) is 18.5 Å². The first-order valence-electron chi connectivity index (χ1n) is 8.02. The van der Waals surface area contributed by atoms with Crippen LogP contribution in [0.2, 0.25) is 5.02 Å². The molecule has 1 heterocycles. The van der Waals surface area contributed by atoms with E-state index in [1.807, 2.05) is 56.0 Å². The van der Waals surface area contributed by atoms with Crippen molar-refractivity contribution in [2.45, 2.75) is 33.2 Å². The van der Waals surface area contributed by atoms with Crippen LogP contribution in [0.25, 0.3) is 0 Å². The van der Waals surface area contributed by atoms with Gasteiger partial charge < -0.3 is 4.90 Å². The SMILES string of the molecule is CC(C)(C)C(=O)N1CCc2ccccc2[C@H]1c1ccc(Cl)cc1. The second-order valence-corrected chi connectivity index (χ2v) is 7.59. The second kappa shape index (κ2) is 6.01. The van der Waals surface area contributed by atoms with Gasteiger partial charge in [-0.25, -0.2) is 0 Å². The molecule has 0 saturated carbocycles. The predicted molar refractivity (Wildman–Crippen MR) is 94.6 cm³/mol. The van der Waals surface area contributed by atoms with E-state index in [2.05, 4.69) is 18.2 Å². The topological polar surface area (TPSA) is 20.3 Å². The van der Waals surface area contributed by atoms with Crippen molar-refractivity contribution in [2.24, 2.45) is 5.41 Å². The first-order chi connectivity index (χ1) is 10.9. The van der Waals surface area contributed by atoms with Gasteiger partial charge in [-0.15, -0.1) is 0 Å². The molecule has 0 unspecified atom stereocenters. The number of hydrogen-bond donors (Lipinski definition) is 0. The number of carbonyl (C=O) groups excluding carboxylic acids is 1. The molecule has 0 bridgehead atoms. The van der Waals surface area contributed by atoms with Gasteiger partial charge in [-0.1, -0.05) is 68.8 Å². The molecule has 1 aliphatic rings. The van der Waals surface area contributed by atoms with Gasteiger partial charge in [0.05, 0.1) is 6.04 Å². The lowest BCUT2D eigenvalue weighted by Crippen LogP contribution is -2.45. The Balaban J connectivity index is 2.10. The molecule has 1 aliphatic heterocycles. The average Bonchev–Trinajstić information content (AvgIpc) is 2.53. The third-order valence-electron chi connectivity index (χ3n) is 4.37. The molecule has 0 aromatic heterocycles. The van der Waals surface area contributed by atoms with E-state index >= 15 is 0 Å². The quantitative estimate of drug-likeness (QED) is 0.732. The van der Waals surface area contributed by atoms with Crippen LogP contribution < -0.4 is 0 Å². The number of benzene rings is 2. The van der Waals surface area contributed by atoms with Crippen LogP contribution in [0.3, 0.4) is 0 Å². The number of hydrogen-bond acceptors (Lipinski definition) is 1. The highest BCUT2D eigenvalue weighted by molar-refractivity contribution is 6.30. The first-order valence-corrected chi connectivity index (χ1v) is 8.40. The van der Waals surface area contributed by atoms with Gasteiger partial charge in [0.25, 0.3) is 0 Å². The van der Waals surface area contributed by atoms with E-state index in [1.165, 1.54) is 11.1 Å².